The first kappa shape index (κ1) is 11.1. The zero-order valence-corrected chi connectivity index (χ0v) is 10.9. The minimum absolute atomic E-state index is 0.449. The molecule has 0 unspecified atom stereocenters. The van der Waals surface area contributed by atoms with Gasteiger partial charge in [-0.05, 0) is 30.4 Å². The Balaban J connectivity index is 2.06. The summed E-state index contributed by atoms with van der Waals surface area (Å²) >= 11 is 6.01. The maximum absolute atomic E-state index is 6.01. The van der Waals surface area contributed by atoms with E-state index in [0.29, 0.717) is 11.3 Å². The van der Waals surface area contributed by atoms with E-state index < -0.39 is 0 Å². The van der Waals surface area contributed by atoms with Gasteiger partial charge in [0, 0.05) is 6.54 Å². The second kappa shape index (κ2) is 4.02. The van der Waals surface area contributed by atoms with Gasteiger partial charge in [-0.1, -0.05) is 25.5 Å². The smallest absolute Gasteiger partial charge is 0.124 e. The van der Waals surface area contributed by atoms with Gasteiger partial charge in [-0.15, -0.1) is 11.6 Å². The van der Waals surface area contributed by atoms with E-state index in [1.807, 2.05) is 6.07 Å². The molecule has 0 bridgehead atoms. The first-order valence-corrected chi connectivity index (χ1v) is 6.75. The van der Waals surface area contributed by atoms with Crippen molar-refractivity contribution in [2.45, 2.75) is 38.6 Å². The Hall–Kier alpha value is -1.02. The van der Waals surface area contributed by atoms with E-state index in [1.165, 1.54) is 24.8 Å². The quantitative estimate of drug-likeness (QED) is 0.752. The summed E-state index contributed by atoms with van der Waals surface area (Å²) in [6, 6.07) is 8.30. The van der Waals surface area contributed by atoms with Crippen LogP contribution in [0.25, 0.3) is 11.0 Å². The Bertz CT molecular complexity index is 540. The monoisotopic (exact) mass is 248 g/mol. The van der Waals surface area contributed by atoms with Gasteiger partial charge in [0.15, 0.2) is 0 Å². The molecule has 1 aliphatic rings. The Morgan fingerprint density at radius 2 is 2.12 bits per heavy atom. The maximum atomic E-state index is 6.01. The summed E-state index contributed by atoms with van der Waals surface area (Å²) in [7, 11) is 0. The second-order valence-electron chi connectivity index (χ2n) is 5.40. The van der Waals surface area contributed by atoms with E-state index in [4.69, 9.17) is 11.6 Å². The number of halogens is 1. The van der Waals surface area contributed by atoms with Gasteiger partial charge in [-0.25, -0.2) is 4.98 Å². The Morgan fingerprint density at radius 1 is 1.35 bits per heavy atom. The highest BCUT2D eigenvalue weighted by Gasteiger charge is 2.33. The highest BCUT2D eigenvalue weighted by molar-refractivity contribution is 6.16. The molecular formula is C14H17ClN2. The molecule has 3 heteroatoms. The van der Waals surface area contributed by atoms with Crippen LogP contribution in [0.5, 0.6) is 0 Å². The predicted octanol–water partition coefficient (Wildman–Crippen LogP) is 3.97. The first-order chi connectivity index (χ1) is 8.22. The van der Waals surface area contributed by atoms with Gasteiger partial charge in [-0.2, -0.15) is 0 Å². The summed E-state index contributed by atoms with van der Waals surface area (Å²) in [5, 5.41) is 0. The van der Waals surface area contributed by atoms with Crippen molar-refractivity contribution in [2.75, 3.05) is 0 Å². The molecule has 1 saturated carbocycles. The molecule has 0 amide bonds. The fourth-order valence-electron chi connectivity index (χ4n) is 2.72. The van der Waals surface area contributed by atoms with Crippen LogP contribution < -0.4 is 0 Å². The minimum atomic E-state index is 0.449. The number of benzene rings is 1. The van der Waals surface area contributed by atoms with E-state index in [9.17, 15) is 0 Å². The SMILES string of the molecule is CC1(Cn2c(CCl)nc3ccccc32)CCC1. The van der Waals surface area contributed by atoms with Gasteiger partial charge in [0.2, 0.25) is 0 Å². The molecule has 0 aliphatic heterocycles. The normalized spacial score (nSPS) is 18.2. The third-order valence-corrected chi connectivity index (χ3v) is 4.19. The van der Waals surface area contributed by atoms with Gasteiger partial charge in [0.1, 0.15) is 5.82 Å². The van der Waals surface area contributed by atoms with E-state index in [-0.39, 0.29) is 0 Å². The number of fused-ring (bicyclic) bond motifs is 1. The van der Waals surface area contributed by atoms with Crippen LogP contribution in [0, 0.1) is 5.41 Å². The van der Waals surface area contributed by atoms with Gasteiger partial charge in [-0.3, -0.25) is 0 Å². The Labute approximate surface area is 107 Å². The number of nitrogens with zero attached hydrogens (tertiary/aromatic N) is 2. The first-order valence-electron chi connectivity index (χ1n) is 6.22. The lowest BCUT2D eigenvalue weighted by molar-refractivity contribution is 0.133. The van der Waals surface area contributed by atoms with Crippen molar-refractivity contribution < 1.29 is 0 Å². The van der Waals surface area contributed by atoms with Crippen LogP contribution in [0.4, 0.5) is 0 Å². The molecule has 0 spiro atoms. The van der Waals surface area contributed by atoms with Crippen LogP contribution in [0.3, 0.4) is 0 Å². The number of para-hydroxylation sites is 2. The fourth-order valence-corrected chi connectivity index (χ4v) is 2.93. The van der Waals surface area contributed by atoms with Crippen LogP contribution in [-0.4, -0.2) is 9.55 Å². The maximum Gasteiger partial charge on any atom is 0.124 e. The molecule has 90 valence electrons. The van der Waals surface area contributed by atoms with Crippen molar-refractivity contribution in [3.8, 4) is 0 Å². The van der Waals surface area contributed by atoms with Crippen LogP contribution >= 0.6 is 11.6 Å². The van der Waals surface area contributed by atoms with Gasteiger partial charge in [0.05, 0.1) is 16.9 Å². The standard InChI is InChI=1S/C14H17ClN2/c1-14(7-4-8-14)10-17-12-6-3-2-5-11(12)16-13(17)9-15/h2-3,5-6H,4,7-10H2,1H3. The van der Waals surface area contributed by atoms with Gasteiger partial charge >= 0.3 is 0 Å². The molecule has 1 aromatic heterocycles. The minimum Gasteiger partial charge on any atom is -0.326 e. The van der Waals surface area contributed by atoms with Crippen molar-refractivity contribution >= 4 is 22.6 Å². The van der Waals surface area contributed by atoms with Crippen molar-refractivity contribution in [1.82, 2.24) is 9.55 Å². The number of rotatable bonds is 3. The molecule has 1 aliphatic carbocycles. The molecule has 17 heavy (non-hydrogen) atoms. The highest BCUT2D eigenvalue weighted by Crippen LogP contribution is 2.42. The van der Waals surface area contributed by atoms with Crippen molar-refractivity contribution in [3.05, 3.63) is 30.1 Å². The molecule has 0 atom stereocenters. The average Bonchev–Trinajstić information content (AvgIpc) is 2.65. The summed E-state index contributed by atoms with van der Waals surface area (Å²) in [5.41, 5.74) is 2.73. The number of aromatic nitrogens is 2. The number of hydrogen-bond acceptors (Lipinski definition) is 1. The molecule has 0 N–H and O–H groups in total. The topological polar surface area (TPSA) is 17.8 Å². The summed E-state index contributed by atoms with van der Waals surface area (Å²) in [4.78, 5) is 4.60. The Morgan fingerprint density at radius 3 is 2.76 bits per heavy atom. The second-order valence-corrected chi connectivity index (χ2v) is 5.67. The zero-order valence-electron chi connectivity index (χ0n) is 10.1. The molecule has 3 rings (SSSR count). The van der Waals surface area contributed by atoms with E-state index in [1.54, 1.807) is 0 Å². The van der Waals surface area contributed by atoms with Crippen molar-refractivity contribution in [3.63, 3.8) is 0 Å². The molecule has 0 saturated heterocycles. The van der Waals surface area contributed by atoms with Gasteiger partial charge < -0.3 is 4.57 Å². The molecule has 1 aromatic carbocycles. The zero-order chi connectivity index (χ0) is 11.9. The average molecular weight is 249 g/mol. The lowest BCUT2D eigenvalue weighted by Crippen LogP contribution is -2.31. The summed E-state index contributed by atoms with van der Waals surface area (Å²) in [6.45, 7) is 3.42. The Kier molecular flexibility index (Phi) is 2.62. The lowest BCUT2D eigenvalue weighted by Gasteiger charge is -2.39. The van der Waals surface area contributed by atoms with E-state index >= 15 is 0 Å². The fraction of sp³-hybridized carbons (Fsp3) is 0.500. The summed E-state index contributed by atoms with van der Waals surface area (Å²) in [6.07, 6.45) is 4.00. The van der Waals surface area contributed by atoms with Crippen LogP contribution in [0.15, 0.2) is 24.3 Å². The third-order valence-electron chi connectivity index (χ3n) is 3.95. The molecule has 2 nitrogen and oxygen atoms in total. The van der Waals surface area contributed by atoms with E-state index in [0.717, 1.165) is 17.9 Å². The van der Waals surface area contributed by atoms with Crippen molar-refractivity contribution in [2.24, 2.45) is 5.41 Å². The molecule has 1 fully saturated rings. The molecular weight excluding hydrogens is 232 g/mol. The van der Waals surface area contributed by atoms with Crippen molar-refractivity contribution in [1.29, 1.82) is 0 Å². The molecule has 1 heterocycles. The van der Waals surface area contributed by atoms with Gasteiger partial charge in [0.25, 0.3) is 0 Å². The molecule has 0 radical (unpaired) electrons. The summed E-state index contributed by atoms with van der Waals surface area (Å²) in [5.74, 6) is 1.49. The predicted molar refractivity (Wildman–Crippen MR) is 71.2 cm³/mol. The number of imidazole rings is 1. The molecule has 2 aromatic rings. The lowest BCUT2D eigenvalue weighted by atomic mass is 9.70. The third kappa shape index (κ3) is 1.85. The number of hydrogen-bond donors (Lipinski definition) is 0. The largest absolute Gasteiger partial charge is 0.326 e. The summed E-state index contributed by atoms with van der Waals surface area (Å²) < 4.78 is 2.31. The van der Waals surface area contributed by atoms with Crippen LogP contribution in [-0.2, 0) is 12.4 Å². The highest BCUT2D eigenvalue weighted by atomic mass is 35.5. The van der Waals surface area contributed by atoms with Crippen LogP contribution in [0.2, 0.25) is 0 Å². The van der Waals surface area contributed by atoms with Crippen LogP contribution in [0.1, 0.15) is 32.0 Å². The van der Waals surface area contributed by atoms with E-state index in [2.05, 4.69) is 34.7 Å². The number of alkyl halides is 1.